The molecule has 0 N–H and O–H groups in total. The van der Waals surface area contributed by atoms with Gasteiger partial charge in [0.2, 0.25) is 11.8 Å². The minimum Gasteiger partial charge on any atom is -0.273 e. The normalized spacial score (nSPS) is 17.1. The van der Waals surface area contributed by atoms with E-state index >= 15 is 0 Å². The Labute approximate surface area is 124 Å². The van der Waals surface area contributed by atoms with Crippen molar-refractivity contribution in [2.24, 2.45) is 0 Å². The van der Waals surface area contributed by atoms with Crippen molar-refractivity contribution in [1.82, 2.24) is 0 Å². The molecule has 1 heterocycles. The van der Waals surface area contributed by atoms with E-state index in [1.807, 2.05) is 0 Å². The summed E-state index contributed by atoms with van der Waals surface area (Å²) in [4.78, 5) is 23.7. The Balaban J connectivity index is 2.60. The predicted octanol–water partition coefficient (Wildman–Crippen LogP) is 3.33. The third-order valence-corrected chi connectivity index (χ3v) is 3.68. The Hall–Kier alpha value is -1.71. The molecule has 0 aliphatic carbocycles. The number of anilines is 1. The van der Waals surface area contributed by atoms with Crippen LogP contribution in [0, 0.1) is 0 Å². The van der Waals surface area contributed by atoms with E-state index in [-0.39, 0.29) is 17.6 Å². The molecule has 22 heavy (non-hydrogen) atoms. The van der Waals surface area contributed by atoms with Crippen molar-refractivity contribution in [1.29, 1.82) is 0 Å². The number of benzene rings is 1. The maximum atomic E-state index is 12.7. The van der Waals surface area contributed by atoms with Crippen LogP contribution in [-0.2, 0) is 21.9 Å². The number of hydrogen-bond donors (Lipinski definition) is 0. The van der Waals surface area contributed by atoms with Crippen LogP contribution in [0.25, 0.3) is 0 Å². The lowest BCUT2D eigenvalue weighted by Crippen LogP contribution is -2.43. The van der Waals surface area contributed by atoms with Crippen molar-refractivity contribution in [3.05, 3.63) is 29.3 Å². The van der Waals surface area contributed by atoms with E-state index in [0.29, 0.717) is 17.0 Å². The number of thioether (sulfide) groups is 1. The summed E-state index contributed by atoms with van der Waals surface area (Å²) in [6, 6.07) is 0.666. The highest BCUT2D eigenvalue weighted by Crippen LogP contribution is 2.38. The topological polar surface area (TPSA) is 37.4 Å². The van der Waals surface area contributed by atoms with Crippen LogP contribution in [0.1, 0.15) is 11.1 Å². The number of halogens is 6. The minimum atomic E-state index is -5.04. The van der Waals surface area contributed by atoms with Crippen LogP contribution in [0.5, 0.6) is 0 Å². The number of nitrogens with zero attached hydrogens (tertiary/aromatic N) is 1. The average Bonchev–Trinajstić information content (AvgIpc) is 2.36. The van der Waals surface area contributed by atoms with Crippen LogP contribution in [0.15, 0.2) is 18.2 Å². The van der Waals surface area contributed by atoms with E-state index in [1.54, 1.807) is 0 Å². The zero-order valence-corrected chi connectivity index (χ0v) is 11.4. The molecule has 0 saturated carbocycles. The molecule has 3 nitrogen and oxygen atoms in total. The second-order valence-corrected chi connectivity index (χ2v) is 5.37. The van der Waals surface area contributed by atoms with Crippen LogP contribution in [0.2, 0.25) is 0 Å². The first-order valence-electron chi connectivity index (χ1n) is 5.73. The molecule has 1 fully saturated rings. The molecule has 1 aliphatic rings. The van der Waals surface area contributed by atoms with Gasteiger partial charge in [-0.15, -0.1) is 11.8 Å². The zero-order chi connectivity index (χ0) is 16.7. The first-order valence-corrected chi connectivity index (χ1v) is 6.88. The highest BCUT2D eigenvalue weighted by molar-refractivity contribution is 8.00. The lowest BCUT2D eigenvalue weighted by Gasteiger charge is -2.26. The molecule has 1 aromatic rings. The number of hydrogen-bond acceptors (Lipinski definition) is 3. The van der Waals surface area contributed by atoms with E-state index in [0.717, 1.165) is 11.8 Å². The van der Waals surface area contributed by atoms with Crippen molar-refractivity contribution >= 4 is 29.3 Å². The summed E-state index contributed by atoms with van der Waals surface area (Å²) < 4.78 is 76.4. The zero-order valence-electron chi connectivity index (χ0n) is 10.6. The fourth-order valence-electron chi connectivity index (χ4n) is 1.85. The SMILES string of the molecule is O=C1CSCC(=O)N1c1cc(C(F)(F)F)cc(C(F)(F)F)c1. The van der Waals surface area contributed by atoms with Gasteiger partial charge in [0, 0.05) is 0 Å². The largest absolute Gasteiger partial charge is 0.416 e. The Morgan fingerprint density at radius 2 is 1.23 bits per heavy atom. The number of carbonyl (C=O) groups excluding carboxylic acids is 2. The van der Waals surface area contributed by atoms with Crippen LogP contribution in [-0.4, -0.2) is 23.3 Å². The molecule has 2 amide bonds. The molecular formula is C12H7F6NO2S. The van der Waals surface area contributed by atoms with Gasteiger partial charge in [-0.05, 0) is 18.2 Å². The minimum absolute atomic E-state index is 0.0584. The number of amides is 2. The standard InChI is InChI=1S/C12H7F6NO2S/c13-11(14,15)6-1-7(12(16,17)18)3-8(2-6)19-9(20)4-22-5-10(19)21/h1-3H,4-5H2. The summed E-state index contributed by atoms with van der Waals surface area (Å²) in [6.07, 6.45) is -10.1. The van der Waals surface area contributed by atoms with Gasteiger partial charge in [-0.1, -0.05) is 0 Å². The van der Waals surface area contributed by atoms with E-state index in [1.165, 1.54) is 0 Å². The number of imide groups is 1. The van der Waals surface area contributed by atoms with Gasteiger partial charge in [0.1, 0.15) is 0 Å². The number of alkyl halides is 6. The Morgan fingerprint density at radius 3 is 1.59 bits per heavy atom. The Kier molecular flexibility index (Phi) is 4.16. The van der Waals surface area contributed by atoms with Crippen LogP contribution >= 0.6 is 11.8 Å². The summed E-state index contributed by atoms with van der Waals surface area (Å²) in [6.45, 7) is 0. The maximum Gasteiger partial charge on any atom is 0.416 e. The van der Waals surface area contributed by atoms with Gasteiger partial charge < -0.3 is 0 Å². The molecule has 0 radical (unpaired) electrons. The van der Waals surface area contributed by atoms with Crippen LogP contribution < -0.4 is 4.90 Å². The van der Waals surface area contributed by atoms with Crippen molar-refractivity contribution < 1.29 is 35.9 Å². The maximum absolute atomic E-state index is 12.7. The molecule has 1 aliphatic heterocycles. The smallest absolute Gasteiger partial charge is 0.273 e. The van der Waals surface area contributed by atoms with E-state index in [2.05, 4.69) is 0 Å². The number of rotatable bonds is 1. The molecule has 0 spiro atoms. The number of carbonyl (C=O) groups is 2. The first kappa shape index (κ1) is 16.7. The van der Waals surface area contributed by atoms with Crippen LogP contribution in [0.3, 0.4) is 0 Å². The molecule has 1 saturated heterocycles. The van der Waals surface area contributed by atoms with Crippen molar-refractivity contribution in [3.63, 3.8) is 0 Å². The third-order valence-electron chi connectivity index (χ3n) is 2.78. The average molecular weight is 343 g/mol. The fourth-order valence-corrected chi connectivity index (χ4v) is 2.56. The van der Waals surface area contributed by atoms with Gasteiger partial charge in [0.05, 0.1) is 28.3 Å². The molecule has 120 valence electrons. The lowest BCUT2D eigenvalue weighted by molar-refractivity contribution is -0.143. The second kappa shape index (κ2) is 5.49. The first-order chi connectivity index (χ1) is 10.00. The summed E-state index contributed by atoms with van der Waals surface area (Å²) in [5.41, 5.74) is -3.87. The van der Waals surface area contributed by atoms with Gasteiger partial charge >= 0.3 is 12.4 Å². The van der Waals surface area contributed by atoms with Gasteiger partial charge in [0.15, 0.2) is 0 Å². The van der Waals surface area contributed by atoms with Crippen molar-refractivity contribution in [3.8, 4) is 0 Å². The fraction of sp³-hybridized carbons (Fsp3) is 0.333. The molecule has 0 atom stereocenters. The Bertz CT molecular complexity index is 577. The summed E-state index contributed by atoms with van der Waals surface area (Å²) in [5.74, 6) is -2.09. The molecular weight excluding hydrogens is 336 g/mol. The summed E-state index contributed by atoms with van der Waals surface area (Å²) in [5, 5.41) is 0. The third kappa shape index (κ3) is 3.37. The molecule has 0 bridgehead atoms. The van der Waals surface area contributed by atoms with Gasteiger partial charge in [0.25, 0.3) is 0 Å². The van der Waals surface area contributed by atoms with Crippen molar-refractivity contribution in [2.45, 2.75) is 12.4 Å². The van der Waals surface area contributed by atoms with E-state index < -0.39 is 41.0 Å². The van der Waals surface area contributed by atoms with E-state index in [4.69, 9.17) is 0 Å². The molecule has 1 aromatic carbocycles. The molecule has 2 rings (SSSR count). The van der Waals surface area contributed by atoms with E-state index in [9.17, 15) is 35.9 Å². The second-order valence-electron chi connectivity index (χ2n) is 4.38. The molecule has 10 heteroatoms. The molecule has 0 aromatic heterocycles. The van der Waals surface area contributed by atoms with Crippen molar-refractivity contribution in [2.75, 3.05) is 16.4 Å². The Morgan fingerprint density at radius 1 is 0.818 bits per heavy atom. The summed E-state index contributed by atoms with van der Waals surface area (Å²) in [7, 11) is 0. The van der Waals surface area contributed by atoms with Crippen LogP contribution in [0.4, 0.5) is 32.0 Å². The van der Waals surface area contributed by atoms with Gasteiger partial charge in [-0.3, -0.25) is 9.59 Å². The monoisotopic (exact) mass is 343 g/mol. The lowest BCUT2D eigenvalue weighted by atomic mass is 10.1. The predicted molar refractivity (Wildman–Crippen MR) is 66.3 cm³/mol. The highest BCUT2D eigenvalue weighted by atomic mass is 32.2. The molecule has 0 unspecified atom stereocenters. The van der Waals surface area contributed by atoms with Gasteiger partial charge in [-0.2, -0.15) is 26.3 Å². The quantitative estimate of drug-likeness (QED) is 0.580. The highest BCUT2D eigenvalue weighted by Gasteiger charge is 2.39. The van der Waals surface area contributed by atoms with Gasteiger partial charge in [-0.25, -0.2) is 4.90 Å². The summed E-state index contributed by atoms with van der Waals surface area (Å²) >= 11 is 0.944.